The van der Waals surface area contributed by atoms with Crippen LogP contribution in [0.2, 0.25) is 0 Å². The minimum atomic E-state index is -4.79. The van der Waals surface area contributed by atoms with Crippen molar-refractivity contribution in [2.24, 2.45) is 0 Å². The van der Waals surface area contributed by atoms with Gasteiger partial charge in [-0.25, -0.2) is 14.2 Å². The minimum absolute atomic E-state index is 0.159. The number of nitrogens with zero attached hydrogens (tertiary/aromatic N) is 3. The van der Waals surface area contributed by atoms with E-state index in [0.29, 0.717) is 44.7 Å². The summed E-state index contributed by atoms with van der Waals surface area (Å²) in [6.45, 7) is 0. The number of hydrogen-bond acceptors (Lipinski definition) is 8. The van der Waals surface area contributed by atoms with Crippen molar-refractivity contribution in [3.63, 3.8) is 0 Å². The predicted octanol–water partition coefficient (Wildman–Crippen LogP) is 7.28. The van der Waals surface area contributed by atoms with Gasteiger partial charge in [-0.05, 0) is 96.1 Å². The number of alkyl halides is 3. The molecule has 51 heavy (non-hydrogen) atoms. The number of H-pyrrole nitrogens is 1. The van der Waals surface area contributed by atoms with E-state index in [0.717, 1.165) is 17.7 Å². The van der Waals surface area contributed by atoms with Crippen molar-refractivity contribution in [2.45, 2.75) is 23.7 Å². The largest absolute Gasteiger partial charge is 0.573 e. The summed E-state index contributed by atoms with van der Waals surface area (Å²) in [5, 5.41) is 3.17. The lowest BCUT2D eigenvalue weighted by molar-refractivity contribution is -0.274. The van der Waals surface area contributed by atoms with Gasteiger partial charge in [0.2, 0.25) is 0 Å². The maximum Gasteiger partial charge on any atom is 0.573 e. The highest BCUT2D eigenvalue weighted by atomic mass is 32.2. The Bertz CT molecular complexity index is 2240. The number of nitrogens with one attached hydrogen (secondary N) is 2. The molecule has 0 aliphatic heterocycles. The van der Waals surface area contributed by atoms with E-state index in [1.54, 1.807) is 71.4 Å². The molecule has 0 unspecified atom stereocenters. The van der Waals surface area contributed by atoms with Gasteiger partial charge < -0.3 is 19.8 Å². The zero-order valence-electron chi connectivity index (χ0n) is 26.2. The Morgan fingerprint density at radius 3 is 2.12 bits per heavy atom. The van der Waals surface area contributed by atoms with Gasteiger partial charge in [0.25, 0.3) is 11.5 Å². The number of thioether (sulfide) groups is 1. The summed E-state index contributed by atoms with van der Waals surface area (Å²) >= 11 is 1.28. The Balaban J connectivity index is 1.16. The molecule has 0 saturated carbocycles. The van der Waals surface area contributed by atoms with Crippen LogP contribution in [-0.2, 0) is 12.2 Å². The Hall–Kier alpha value is -6.22. The van der Waals surface area contributed by atoms with E-state index in [2.05, 4.69) is 25.0 Å². The highest BCUT2D eigenvalue weighted by Gasteiger charge is 2.31. The van der Waals surface area contributed by atoms with Crippen molar-refractivity contribution in [1.29, 1.82) is 0 Å². The first-order valence-electron chi connectivity index (χ1n) is 15.1. The molecular formula is C36H25F4N5O5S. The van der Waals surface area contributed by atoms with Gasteiger partial charge in [-0.15, -0.1) is 13.2 Å². The van der Waals surface area contributed by atoms with Crippen molar-refractivity contribution in [1.82, 2.24) is 19.5 Å². The fraction of sp³-hybridized carbons (Fsp3) is 0.0833. The lowest BCUT2D eigenvalue weighted by Gasteiger charge is -2.15. The Kier molecular flexibility index (Phi) is 10.3. The number of hydrogen-bond donors (Lipinski definition) is 2. The lowest BCUT2D eigenvalue weighted by atomic mass is 10.1. The van der Waals surface area contributed by atoms with E-state index in [1.807, 2.05) is 0 Å². The van der Waals surface area contributed by atoms with Crippen LogP contribution in [0, 0.1) is 5.82 Å². The number of halogens is 4. The molecule has 0 spiro atoms. The molecule has 6 rings (SSSR count). The zero-order chi connectivity index (χ0) is 36.0. The third-order valence-corrected chi connectivity index (χ3v) is 8.20. The third kappa shape index (κ3) is 9.48. The van der Waals surface area contributed by atoms with Crippen LogP contribution in [-0.4, -0.2) is 31.8 Å². The van der Waals surface area contributed by atoms with Crippen LogP contribution < -0.4 is 26.0 Å². The van der Waals surface area contributed by atoms with Gasteiger partial charge in [0.05, 0.1) is 0 Å². The van der Waals surface area contributed by atoms with Crippen LogP contribution in [0.3, 0.4) is 0 Å². The summed E-state index contributed by atoms with van der Waals surface area (Å²) in [5.74, 6) is -0.0456. The molecule has 4 aromatic carbocycles. The molecule has 6 aromatic rings. The Labute approximate surface area is 290 Å². The lowest BCUT2D eigenvalue weighted by Crippen LogP contribution is -2.20. The Morgan fingerprint density at radius 1 is 0.843 bits per heavy atom. The molecule has 0 radical (unpaired) electrons. The predicted molar refractivity (Wildman–Crippen MR) is 181 cm³/mol. The number of amides is 1. The molecule has 1 amide bonds. The fourth-order valence-electron chi connectivity index (χ4n) is 4.73. The van der Waals surface area contributed by atoms with Gasteiger partial charge >= 0.3 is 12.1 Å². The van der Waals surface area contributed by atoms with E-state index in [-0.39, 0.29) is 23.7 Å². The number of rotatable bonds is 11. The molecule has 10 nitrogen and oxygen atoms in total. The summed E-state index contributed by atoms with van der Waals surface area (Å²) in [4.78, 5) is 48.1. The van der Waals surface area contributed by atoms with Crippen LogP contribution in [0.15, 0.2) is 130 Å². The number of ether oxygens (including phenoxy) is 2. The summed E-state index contributed by atoms with van der Waals surface area (Å²) in [7, 11) is 0. The van der Waals surface area contributed by atoms with Crippen LogP contribution in [0.1, 0.15) is 27.0 Å². The van der Waals surface area contributed by atoms with Crippen molar-refractivity contribution in [2.75, 3.05) is 5.32 Å². The van der Waals surface area contributed by atoms with E-state index in [9.17, 15) is 31.9 Å². The van der Waals surface area contributed by atoms with Gasteiger partial charge in [-0.1, -0.05) is 23.9 Å². The van der Waals surface area contributed by atoms with Gasteiger partial charge in [0.15, 0.2) is 5.16 Å². The molecule has 15 heteroatoms. The summed E-state index contributed by atoms with van der Waals surface area (Å²) in [6, 6.07) is 24.0. The molecule has 258 valence electrons. The highest BCUT2D eigenvalue weighted by molar-refractivity contribution is 7.98. The van der Waals surface area contributed by atoms with Gasteiger partial charge in [0.1, 0.15) is 23.1 Å². The number of benzene rings is 4. The molecular weight excluding hydrogens is 690 g/mol. The topological polar surface area (TPSA) is 128 Å². The van der Waals surface area contributed by atoms with Crippen LogP contribution >= 0.6 is 11.8 Å². The highest BCUT2D eigenvalue weighted by Crippen LogP contribution is 2.29. The molecule has 0 aliphatic carbocycles. The normalized spacial score (nSPS) is 11.2. The van der Waals surface area contributed by atoms with Crippen LogP contribution in [0.25, 0.3) is 5.69 Å². The molecule has 2 aromatic heterocycles. The number of anilines is 1. The van der Waals surface area contributed by atoms with Crippen molar-refractivity contribution in [3.05, 3.63) is 165 Å². The summed E-state index contributed by atoms with van der Waals surface area (Å²) in [5.41, 5.74) is 2.23. The van der Waals surface area contributed by atoms with Gasteiger partial charge in [-0.3, -0.25) is 14.2 Å². The van der Waals surface area contributed by atoms with Crippen LogP contribution in [0.5, 0.6) is 17.2 Å². The van der Waals surface area contributed by atoms with E-state index >= 15 is 0 Å². The minimum Gasteiger partial charge on any atom is -0.457 e. The average molecular weight is 716 g/mol. The van der Waals surface area contributed by atoms with Crippen molar-refractivity contribution >= 4 is 23.4 Å². The van der Waals surface area contributed by atoms with Crippen LogP contribution in [0.4, 0.5) is 23.2 Å². The maximum atomic E-state index is 13.4. The fourth-order valence-corrected chi connectivity index (χ4v) is 5.66. The number of carbonyl (C=O) groups is 1. The monoisotopic (exact) mass is 715 g/mol. The Morgan fingerprint density at radius 2 is 1.49 bits per heavy atom. The first kappa shape index (κ1) is 34.6. The number of carbonyl (C=O) groups excluding carboxylic acids is 1. The molecule has 0 saturated heterocycles. The first-order valence-corrected chi connectivity index (χ1v) is 16.0. The SMILES string of the molecule is O=C(Nc1ccc(Oc2ccc(OC(F)(F)F)cc2)cc1)c1ccc(-n2cc(Cc3cnc(=O)[nH]c3)c(=O)nc2SCc2ccc(F)cc2)cc1. The molecule has 0 fully saturated rings. The molecule has 2 N–H and O–H groups in total. The quantitative estimate of drug-likeness (QED) is 0.0814. The maximum absolute atomic E-state index is 13.4. The number of aromatic nitrogens is 4. The average Bonchev–Trinajstić information content (AvgIpc) is 3.11. The second-order valence-electron chi connectivity index (χ2n) is 10.9. The van der Waals surface area contributed by atoms with E-state index < -0.39 is 23.5 Å². The summed E-state index contributed by atoms with van der Waals surface area (Å²) in [6.07, 6.45) is -0.129. The summed E-state index contributed by atoms with van der Waals surface area (Å²) < 4.78 is 61.9. The first-order chi connectivity index (χ1) is 24.5. The molecule has 0 bridgehead atoms. The van der Waals surface area contributed by atoms with E-state index in [1.165, 1.54) is 48.4 Å². The standard InChI is InChI=1S/C36H25F4N5O5S/c37-26-5-1-22(2-6-26)21-51-35-44-33(47)25(17-23-18-41-34(48)42-19-23)20-45(35)28-9-3-24(4-10-28)32(46)43-27-7-11-29(12-8-27)49-30-13-15-31(16-14-30)50-36(38,39)40/h1-16,18-20H,17,21H2,(H,43,46)(H,41,42,48). The third-order valence-electron chi connectivity index (χ3n) is 7.18. The van der Waals surface area contributed by atoms with E-state index in [4.69, 9.17) is 4.74 Å². The second-order valence-corrected chi connectivity index (χ2v) is 11.8. The molecule has 0 aliphatic rings. The van der Waals surface area contributed by atoms with Crippen molar-refractivity contribution in [3.8, 4) is 22.9 Å². The van der Waals surface area contributed by atoms with Crippen molar-refractivity contribution < 1.29 is 31.8 Å². The smallest absolute Gasteiger partial charge is 0.457 e. The second kappa shape index (κ2) is 15.1. The van der Waals surface area contributed by atoms with Gasteiger partial charge in [-0.2, -0.15) is 4.98 Å². The van der Waals surface area contributed by atoms with Gasteiger partial charge in [0, 0.05) is 53.3 Å². The zero-order valence-corrected chi connectivity index (χ0v) is 27.0. The molecule has 0 atom stereocenters. The number of aromatic amines is 1. The molecule has 2 heterocycles.